The van der Waals surface area contributed by atoms with Crippen LogP contribution in [-0.2, 0) is 16.8 Å². The van der Waals surface area contributed by atoms with Crippen molar-refractivity contribution in [3.8, 4) is 11.1 Å². The first-order chi connectivity index (χ1) is 17.5. The average molecular weight is 496 g/mol. The van der Waals surface area contributed by atoms with Gasteiger partial charge in [0.1, 0.15) is 5.41 Å². The Kier molecular flexibility index (Phi) is 5.34. The minimum Gasteiger partial charge on any atom is -0.351 e. The topological polar surface area (TPSA) is 91.6 Å². The van der Waals surface area contributed by atoms with Crippen LogP contribution < -0.4 is 15.4 Å². The Balaban J connectivity index is 1.44. The second kappa shape index (κ2) is 8.57. The van der Waals surface area contributed by atoms with Gasteiger partial charge in [-0.25, -0.2) is 4.79 Å². The van der Waals surface area contributed by atoms with Crippen LogP contribution >= 0.6 is 11.9 Å². The molecule has 3 N–H and O–H groups in total. The van der Waals surface area contributed by atoms with Crippen LogP contribution in [0.3, 0.4) is 0 Å². The number of primary amides is 1. The summed E-state index contributed by atoms with van der Waals surface area (Å²) in [7, 11) is 0. The molecule has 0 radical (unpaired) electrons. The minimum absolute atomic E-state index is 0.0124. The van der Waals surface area contributed by atoms with Crippen molar-refractivity contribution in [2.24, 2.45) is 5.73 Å². The SMILES string of the molecule is CSNc1ccc(-c2c(CN3C(=O)C4(CN(C(N)=O)C4)c4ccccc43)ncc3ccccc23)cc1. The van der Waals surface area contributed by atoms with Crippen molar-refractivity contribution < 1.29 is 9.59 Å². The Morgan fingerprint density at radius 3 is 2.53 bits per heavy atom. The Labute approximate surface area is 213 Å². The van der Waals surface area contributed by atoms with Crippen molar-refractivity contribution in [2.75, 3.05) is 29.0 Å². The second-order valence-electron chi connectivity index (χ2n) is 9.24. The summed E-state index contributed by atoms with van der Waals surface area (Å²) < 4.78 is 3.26. The van der Waals surface area contributed by atoms with E-state index in [1.54, 1.807) is 11.9 Å². The van der Waals surface area contributed by atoms with E-state index in [0.29, 0.717) is 19.6 Å². The number of nitrogens with one attached hydrogen (secondary N) is 1. The van der Waals surface area contributed by atoms with Gasteiger partial charge in [-0.15, -0.1) is 0 Å². The summed E-state index contributed by atoms with van der Waals surface area (Å²) in [5.41, 5.74) is 10.5. The van der Waals surface area contributed by atoms with Gasteiger partial charge in [0, 0.05) is 47.9 Å². The van der Waals surface area contributed by atoms with E-state index < -0.39 is 11.4 Å². The predicted molar refractivity (Wildman–Crippen MR) is 145 cm³/mol. The predicted octanol–water partition coefficient (Wildman–Crippen LogP) is 4.77. The highest BCUT2D eigenvalue weighted by molar-refractivity contribution is 7.99. The number of aromatic nitrogens is 1. The maximum atomic E-state index is 13.9. The van der Waals surface area contributed by atoms with Crippen LogP contribution in [0.25, 0.3) is 21.9 Å². The van der Waals surface area contributed by atoms with Crippen molar-refractivity contribution in [3.63, 3.8) is 0 Å². The molecule has 1 saturated heterocycles. The number of benzene rings is 3. The van der Waals surface area contributed by atoms with Gasteiger partial charge < -0.3 is 20.3 Å². The number of para-hydroxylation sites is 1. The number of amides is 3. The standard InChI is InChI=1S/C28H25N5O2S/c1-36-31-20-12-10-18(11-13-20)25-21-7-3-2-6-19(21)14-30-23(25)15-33-24-9-5-4-8-22(24)28(26(33)34)16-32(17-28)27(29)35/h2-14,31H,15-17H2,1H3,(H2,29,35). The van der Waals surface area contributed by atoms with E-state index in [0.717, 1.165) is 44.5 Å². The lowest BCUT2D eigenvalue weighted by atomic mass is 9.75. The molecule has 0 aliphatic carbocycles. The molecule has 7 nitrogen and oxygen atoms in total. The molecule has 0 atom stereocenters. The zero-order valence-corrected chi connectivity index (χ0v) is 20.6. The molecule has 1 spiro atoms. The van der Waals surface area contributed by atoms with Gasteiger partial charge in [-0.2, -0.15) is 0 Å². The molecule has 180 valence electrons. The van der Waals surface area contributed by atoms with Crippen molar-refractivity contribution in [3.05, 3.63) is 90.3 Å². The van der Waals surface area contributed by atoms with Crippen LogP contribution in [0.1, 0.15) is 11.3 Å². The lowest BCUT2D eigenvalue weighted by Crippen LogP contribution is -2.66. The van der Waals surface area contributed by atoms with Gasteiger partial charge in [0.05, 0.1) is 12.2 Å². The number of hydrogen-bond acceptors (Lipinski definition) is 5. The first-order valence-corrected chi connectivity index (χ1v) is 13.0. The number of nitrogens with zero attached hydrogens (tertiary/aromatic N) is 3. The van der Waals surface area contributed by atoms with E-state index in [1.165, 1.54) is 4.90 Å². The summed E-state index contributed by atoms with van der Waals surface area (Å²) in [5.74, 6) is -0.0124. The van der Waals surface area contributed by atoms with Crippen molar-refractivity contribution in [1.29, 1.82) is 0 Å². The van der Waals surface area contributed by atoms with Gasteiger partial charge in [0.15, 0.2) is 0 Å². The number of pyridine rings is 1. The molecule has 6 rings (SSSR count). The number of carbonyl (C=O) groups is 2. The number of likely N-dealkylation sites (tertiary alicyclic amines) is 1. The van der Waals surface area contributed by atoms with Gasteiger partial charge in [-0.3, -0.25) is 9.78 Å². The molecular formula is C28H25N5O2S. The molecule has 0 bridgehead atoms. The van der Waals surface area contributed by atoms with Crippen molar-refractivity contribution in [2.45, 2.75) is 12.0 Å². The molecule has 0 saturated carbocycles. The maximum Gasteiger partial charge on any atom is 0.314 e. The normalized spacial score (nSPS) is 15.8. The zero-order chi connectivity index (χ0) is 24.9. The van der Waals surface area contributed by atoms with Gasteiger partial charge in [0.25, 0.3) is 0 Å². The number of nitrogens with two attached hydrogens (primary N) is 1. The van der Waals surface area contributed by atoms with Crippen LogP contribution in [0.15, 0.2) is 79.0 Å². The lowest BCUT2D eigenvalue weighted by Gasteiger charge is -2.45. The quantitative estimate of drug-likeness (QED) is 0.389. The summed E-state index contributed by atoms with van der Waals surface area (Å²) in [5, 5.41) is 2.13. The van der Waals surface area contributed by atoms with Crippen LogP contribution in [0.5, 0.6) is 0 Å². The summed E-state index contributed by atoms with van der Waals surface area (Å²) in [6.45, 7) is 0.937. The smallest absolute Gasteiger partial charge is 0.314 e. The van der Waals surface area contributed by atoms with Crippen LogP contribution in [0, 0.1) is 0 Å². The number of urea groups is 1. The third-order valence-electron chi connectivity index (χ3n) is 7.18. The number of anilines is 2. The molecule has 8 heteroatoms. The van der Waals surface area contributed by atoms with Gasteiger partial charge in [0.2, 0.25) is 5.91 Å². The minimum atomic E-state index is -0.742. The van der Waals surface area contributed by atoms with Crippen molar-refractivity contribution in [1.82, 2.24) is 9.88 Å². The first kappa shape index (κ1) is 22.4. The van der Waals surface area contributed by atoms with Crippen LogP contribution in [-0.4, -0.2) is 41.2 Å². The number of hydrogen-bond donors (Lipinski definition) is 2. The Morgan fingerprint density at radius 2 is 1.78 bits per heavy atom. The molecule has 2 aliphatic heterocycles. The Hall–Kier alpha value is -4.04. The van der Waals surface area contributed by atoms with Gasteiger partial charge in [-0.1, -0.05) is 66.5 Å². The molecule has 2 aliphatic rings. The molecule has 3 heterocycles. The molecule has 1 aromatic heterocycles. The number of fused-ring (bicyclic) bond motifs is 3. The highest BCUT2D eigenvalue weighted by Crippen LogP contribution is 2.48. The fourth-order valence-corrected chi connectivity index (χ4v) is 5.81. The molecule has 3 aromatic carbocycles. The maximum absolute atomic E-state index is 13.9. The lowest BCUT2D eigenvalue weighted by molar-refractivity contribution is -0.127. The second-order valence-corrected chi connectivity index (χ2v) is 9.85. The fourth-order valence-electron chi connectivity index (χ4n) is 5.44. The molecule has 3 amide bonds. The number of rotatable bonds is 5. The molecule has 4 aromatic rings. The molecule has 1 fully saturated rings. The zero-order valence-electron chi connectivity index (χ0n) is 19.8. The largest absolute Gasteiger partial charge is 0.351 e. The van der Waals surface area contributed by atoms with E-state index in [4.69, 9.17) is 10.7 Å². The Morgan fingerprint density at radius 1 is 1.06 bits per heavy atom. The summed E-state index contributed by atoms with van der Waals surface area (Å²) >= 11 is 1.55. The van der Waals surface area contributed by atoms with Crippen LogP contribution in [0.4, 0.5) is 16.2 Å². The molecule has 0 unspecified atom stereocenters. The highest BCUT2D eigenvalue weighted by atomic mass is 32.2. The van der Waals surface area contributed by atoms with E-state index in [1.807, 2.05) is 53.8 Å². The molecular weight excluding hydrogens is 470 g/mol. The third kappa shape index (κ3) is 3.40. The third-order valence-corrected chi connectivity index (χ3v) is 7.62. The van der Waals surface area contributed by atoms with Crippen LogP contribution in [0.2, 0.25) is 0 Å². The average Bonchev–Trinajstić information content (AvgIpc) is 3.11. The summed E-state index contributed by atoms with van der Waals surface area (Å²) in [6, 6.07) is 23.8. The monoisotopic (exact) mass is 495 g/mol. The van der Waals surface area contributed by atoms with Gasteiger partial charge in [-0.05, 0) is 34.7 Å². The van der Waals surface area contributed by atoms with E-state index >= 15 is 0 Å². The highest BCUT2D eigenvalue weighted by Gasteiger charge is 2.58. The molecule has 36 heavy (non-hydrogen) atoms. The first-order valence-electron chi connectivity index (χ1n) is 11.7. The van der Waals surface area contributed by atoms with E-state index in [2.05, 4.69) is 41.1 Å². The van der Waals surface area contributed by atoms with Crippen molar-refractivity contribution >= 4 is 46.0 Å². The van der Waals surface area contributed by atoms with E-state index in [9.17, 15) is 9.59 Å². The summed E-state index contributed by atoms with van der Waals surface area (Å²) in [6.07, 6.45) is 3.86. The van der Waals surface area contributed by atoms with E-state index in [-0.39, 0.29) is 5.91 Å². The summed E-state index contributed by atoms with van der Waals surface area (Å²) in [4.78, 5) is 33.8. The fraction of sp³-hybridized carbons (Fsp3) is 0.179. The van der Waals surface area contributed by atoms with Gasteiger partial charge >= 0.3 is 6.03 Å². The number of carbonyl (C=O) groups excluding carboxylic acids is 2. The Bertz CT molecular complexity index is 1500.